The second kappa shape index (κ2) is 6.14. The maximum absolute atomic E-state index is 12.0. The Labute approximate surface area is 120 Å². The second-order valence-corrected chi connectivity index (χ2v) is 6.56. The van der Waals surface area contributed by atoms with Crippen LogP contribution in [0.3, 0.4) is 0 Å². The van der Waals surface area contributed by atoms with Gasteiger partial charge in [-0.1, -0.05) is 11.6 Å². The lowest BCUT2D eigenvalue weighted by Gasteiger charge is -2.27. The highest BCUT2D eigenvalue weighted by Crippen LogP contribution is 2.27. The third-order valence-corrected chi connectivity index (χ3v) is 3.29. The van der Waals surface area contributed by atoms with Crippen LogP contribution in [0.25, 0.3) is 0 Å². The van der Waals surface area contributed by atoms with Crippen molar-refractivity contribution in [2.24, 2.45) is 0 Å². The smallest absolute Gasteiger partial charge is 0.410 e. The van der Waals surface area contributed by atoms with E-state index in [1.807, 2.05) is 34.6 Å². The average Bonchev–Trinajstić information content (AvgIpc) is 2.67. The van der Waals surface area contributed by atoms with Crippen LogP contribution in [0, 0.1) is 0 Å². The van der Waals surface area contributed by atoms with Gasteiger partial charge in [0.25, 0.3) is 0 Å². The Kier molecular flexibility index (Phi) is 5.27. The highest BCUT2D eigenvalue weighted by molar-refractivity contribution is 6.25. The molecule has 1 aliphatic rings. The molecule has 0 aromatic carbocycles. The van der Waals surface area contributed by atoms with Gasteiger partial charge in [-0.2, -0.15) is 0 Å². The lowest BCUT2D eigenvalue weighted by Crippen LogP contribution is -2.39. The Bertz CT molecular complexity index is 362. The first-order chi connectivity index (χ1) is 8.65. The van der Waals surface area contributed by atoms with Crippen LogP contribution < -0.4 is 0 Å². The molecule has 1 amide bonds. The quantitative estimate of drug-likeness (QED) is 0.797. The molecular formula is C14H24ClNO3. The highest BCUT2D eigenvalue weighted by atomic mass is 35.5. The van der Waals surface area contributed by atoms with E-state index < -0.39 is 5.60 Å². The van der Waals surface area contributed by atoms with Gasteiger partial charge in [0, 0.05) is 12.1 Å². The molecule has 0 radical (unpaired) electrons. The first-order valence-corrected chi connectivity index (χ1v) is 6.97. The van der Waals surface area contributed by atoms with Crippen molar-refractivity contribution in [1.82, 2.24) is 4.90 Å². The Morgan fingerprint density at radius 2 is 2.11 bits per heavy atom. The standard InChI is InChI=1S/C14H24ClNO3/c1-11(8-15)9-18-14(5)6-7-16(10-14)12(17)19-13(2,3)4/h8H,6-7,9-10H2,1-5H3. The molecule has 1 unspecified atom stereocenters. The molecule has 110 valence electrons. The number of hydrogen-bond donors (Lipinski definition) is 0. The molecule has 4 nitrogen and oxygen atoms in total. The van der Waals surface area contributed by atoms with Crippen LogP contribution in [0.4, 0.5) is 4.79 Å². The number of likely N-dealkylation sites (tertiary alicyclic amines) is 1. The molecule has 0 bridgehead atoms. The second-order valence-electron chi connectivity index (χ2n) is 6.35. The van der Waals surface area contributed by atoms with Gasteiger partial charge in [0.15, 0.2) is 0 Å². The van der Waals surface area contributed by atoms with E-state index in [1.165, 1.54) is 5.54 Å². The lowest BCUT2D eigenvalue weighted by molar-refractivity contribution is -0.0165. The summed E-state index contributed by atoms with van der Waals surface area (Å²) in [7, 11) is 0. The van der Waals surface area contributed by atoms with Gasteiger partial charge in [-0.25, -0.2) is 4.79 Å². The van der Waals surface area contributed by atoms with Crippen LogP contribution in [-0.4, -0.2) is 41.9 Å². The Balaban J connectivity index is 2.50. The van der Waals surface area contributed by atoms with Crippen molar-refractivity contribution in [3.8, 4) is 0 Å². The van der Waals surface area contributed by atoms with Gasteiger partial charge in [0.05, 0.1) is 18.8 Å². The van der Waals surface area contributed by atoms with Crippen LogP contribution in [0.2, 0.25) is 0 Å². The molecule has 1 heterocycles. The fourth-order valence-electron chi connectivity index (χ4n) is 1.85. The van der Waals surface area contributed by atoms with Crippen LogP contribution in [0.15, 0.2) is 11.1 Å². The van der Waals surface area contributed by atoms with Crippen molar-refractivity contribution in [2.75, 3.05) is 19.7 Å². The molecule has 0 N–H and O–H groups in total. The number of nitrogens with zero attached hydrogens (tertiary/aromatic N) is 1. The van der Waals surface area contributed by atoms with E-state index in [1.54, 1.807) is 4.90 Å². The predicted octanol–water partition coefficient (Wildman–Crippen LogP) is 3.55. The van der Waals surface area contributed by atoms with Gasteiger partial charge in [0.1, 0.15) is 5.60 Å². The minimum Gasteiger partial charge on any atom is -0.444 e. The van der Waals surface area contributed by atoms with Gasteiger partial charge in [-0.05, 0) is 46.6 Å². The van der Waals surface area contributed by atoms with Gasteiger partial charge < -0.3 is 14.4 Å². The number of rotatable bonds is 3. The fraction of sp³-hybridized carbons (Fsp3) is 0.786. The van der Waals surface area contributed by atoms with Crippen molar-refractivity contribution in [1.29, 1.82) is 0 Å². The van der Waals surface area contributed by atoms with E-state index >= 15 is 0 Å². The molecule has 19 heavy (non-hydrogen) atoms. The van der Waals surface area contributed by atoms with Crippen molar-refractivity contribution >= 4 is 17.7 Å². The van der Waals surface area contributed by atoms with Gasteiger partial charge in [0.2, 0.25) is 0 Å². The van der Waals surface area contributed by atoms with Gasteiger partial charge in [-0.3, -0.25) is 0 Å². The zero-order valence-electron chi connectivity index (χ0n) is 12.5. The zero-order chi connectivity index (χ0) is 14.7. The molecule has 0 aliphatic carbocycles. The Morgan fingerprint density at radius 3 is 2.63 bits per heavy atom. The molecule has 1 rings (SSSR count). The predicted molar refractivity (Wildman–Crippen MR) is 76.4 cm³/mol. The summed E-state index contributed by atoms with van der Waals surface area (Å²) in [6, 6.07) is 0. The molecule has 0 spiro atoms. The number of carbonyl (C=O) groups is 1. The molecule has 1 aliphatic heterocycles. The minimum atomic E-state index is -0.463. The molecule has 0 aromatic rings. The largest absolute Gasteiger partial charge is 0.444 e. The van der Waals surface area contributed by atoms with Crippen molar-refractivity contribution in [3.05, 3.63) is 11.1 Å². The first-order valence-electron chi connectivity index (χ1n) is 6.53. The molecule has 1 atom stereocenters. The summed E-state index contributed by atoms with van der Waals surface area (Å²) in [5, 5.41) is 0. The van der Waals surface area contributed by atoms with Crippen LogP contribution in [0.1, 0.15) is 41.0 Å². The minimum absolute atomic E-state index is 0.274. The van der Waals surface area contributed by atoms with Gasteiger partial charge >= 0.3 is 6.09 Å². The highest BCUT2D eigenvalue weighted by Gasteiger charge is 2.38. The third-order valence-electron chi connectivity index (χ3n) is 2.92. The monoisotopic (exact) mass is 289 g/mol. The SMILES string of the molecule is CC(=CCl)COC1(C)CCN(C(=O)OC(C)(C)C)C1. The van der Waals surface area contributed by atoms with E-state index in [2.05, 4.69) is 0 Å². The summed E-state index contributed by atoms with van der Waals surface area (Å²) in [4.78, 5) is 13.7. The zero-order valence-corrected chi connectivity index (χ0v) is 13.2. The van der Waals surface area contributed by atoms with Crippen molar-refractivity contribution in [3.63, 3.8) is 0 Å². The third kappa shape index (κ3) is 5.41. The van der Waals surface area contributed by atoms with E-state index in [0.29, 0.717) is 19.7 Å². The summed E-state index contributed by atoms with van der Waals surface area (Å²) in [6.07, 6.45) is 0.534. The number of amides is 1. The maximum Gasteiger partial charge on any atom is 0.410 e. The number of ether oxygens (including phenoxy) is 2. The molecule has 5 heteroatoms. The normalized spacial score (nSPS) is 24.7. The van der Waals surface area contributed by atoms with E-state index in [4.69, 9.17) is 21.1 Å². The van der Waals surface area contributed by atoms with Crippen molar-refractivity contribution < 1.29 is 14.3 Å². The maximum atomic E-state index is 12.0. The first kappa shape index (κ1) is 16.3. The molecule has 0 aromatic heterocycles. The summed E-state index contributed by atoms with van der Waals surface area (Å²) in [6.45, 7) is 11.2. The summed E-state index contributed by atoms with van der Waals surface area (Å²) in [5.41, 5.74) is 1.70. The lowest BCUT2D eigenvalue weighted by atomic mass is 10.1. The van der Waals surface area contributed by atoms with Crippen LogP contribution >= 0.6 is 11.6 Å². The summed E-state index contributed by atoms with van der Waals surface area (Å²) in [5.74, 6) is 0. The number of halogens is 1. The van der Waals surface area contributed by atoms with Crippen molar-refractivity contribution in [2.45, 2.75) is 52.2 Å². The Hall–Kier alpha value is -0.740. The van der Waals surface area contributed by atoms with Gasteiger partial charge in [-0.15, -0.1) is 0 Å². The molecule has 1 saturated heterocycles. The molecular weight excluding hydrogens is 266 g/mol. The van der Waals surface area contributed by atoms with E-state index in [-0.39, 0.29) is 11.7 Å². The molecule has 0 saturated carbocycles. The number of carbonyl (C=O) groups excluding carboxylic acids is 1. The summed E-state index contributed by atoms with van der Waals surface area (Å²) >= 11 is 5.61. The fourth-order valence-corrected chi connectivity index (χ4v) is 1.92. The van der Waals surface area contributed by atoms with E-state index in [0.717, 1.165) is 12.0 Å². The topological polar surface area (TPSA) is 38.8 Å². The molecule has 1 fully saturated rings. The van der Waals surface area contributed by atoms with Crippen LogP contribution in [-0.2, 0) is 9.47 Å². The van der Waals surface area contributed by atoms with Crippen LogP contribution in [0.5, 0.6) is 0 Å². The van der Waals surface area contributed by atoms with E-state index in [9.17, 15) is 4.79 Å². The average molecular weight is 290 g/mol. The Morgan fingerprint density at radius 1 is 1.47 bits per heavy atom. The summed E-state index contributed by atoms with van der Waals surface area (Å²) < 4.78 is 11.2. The number of hydrogen-bond acceptors (Lipinski definition) is 3.